The number of rotatable bonds is 5. The van der Waals surface area contributed by atoms with Crippen LogP contribution in [0.3, 0.4) is 0 Å². The van der Waals surface area contributed by atoms with E-state index in [1.807, 2.05) is 0 Å². The van der Waals surface area contributed by atoms with E-state index in [2.05, 4.69) is 10.3 Å². The Morgan fingerprint density at radius 3 is 2.85 bits per heavy atom. The molecule has 1 aliphatic heterocycles. The monoisotopic (exact) mass is 395 g/mol. The molecule has 0 saturated heterocycles. The number of fused-ring (bicyclic) bond motifs is 1. The number of nitrogens with zero attached hydrogens (tertiary/aromatic N) is 2. The fraction of sp³-hybridized carbons (Fsp3) is 0.412. The Hall–Kier alpha value is -1.97. The molecule has 2 heterocycles. The second-order valence-corrected chi connectivity index (χ2v) is 9.82. The van der Waals surface area contributed by atoms with Crippen molar-refractivity contribution in [2.45, 2.75) is 32.1 Å². The van der Waals surface area contributed by atoms with E-state index in [9.17, 15) is 13.2 Å². The lowest BCUT2D eigenvalue weighted by molar-refractivity contribution is 0.102. The minimum absolute atomic E-state index is 0.276. The summed E-state index contributed by atoms with van der Waals surface area (Å²) >= 11 is 1.32. The summed E-state index contributed by atoms with van der Waals surface area (Å²) in [6.07, 6.45) is 0.548. The Morgan fingerprint density at radius 2 is 2.15 bits per heavy atom. The van der Waals surface area contributed by atoms with Crippen molar-refractivity contribution in [2.24, 2.45) is 0 Å². The molecule has 7 nitrogen and oxygen atoms in total. The second-order valence-electron chi connectivity index (χ2n) is 6.25. The van der Waals surface area contributed by atoms with E-state index >= 15 is 0 Å². The Kier molecular flexibility index (Phi) is 5.31. The van der Waals surface area contributed by atoms with Crippen LogP contribution in [0.2, 0.25) is 0 Å². The number of aromatic nitrogens is 1. The second kappa shape index (κ2) is 7.34. The predicted octanol–water partition coefficient (Wildman–Crippen LogP) is 2.50. The minimum Gasteiger partial charge on any atom is -0.497 e. The molecule has 26 heavy (non-hydrogen) atoms. The van der Waals surface area contributed by atoms with Crippen LogP contribution in [-0.2, 0) is 23.0 Å². The molecule has 2 aromatic rings. The van der Waals surface area contributed by atoms with Gasteiger partial charge < -0.3 is 4.74 Å². The van der Waals surface area contributed by atoms with Crippen LogP contribution in [-0.4, -0.2) is 42.5 Å². The van der Waals surface area contributed by atoms with Crippen LogP contribution >= 0.6 is 11.3 Å². The number of carbonyl (C=O) groups is 1. The molecular weight excluding hydrogens is 374 g/mol. The topological polar surface area (TPSA) is 88.6 Å². The van der Waals surface area contributed by atoms with Gasteiger partial charge in [0.15, 0.2) is 5.13 Å². The van der Waals surface area contributed by atoms with Crippen molar-refractivity contribution in [3.63, 3.8) is 0 Å². The van der Waals surface area contributed by atoms with Crippen molar-refractivity contribution in [1.29, 1.82) is 0 Å². The molecule has 0 atom stereocenters. The summed E-state index contributed by atoms with van der Waals surface area (Å²) in [4.78, 5) is 17.7. The molecule has 0 bridgehead atoms. The maximum Gasteiger partial charge on any atom is 0.257 e. The van der Waals surface area contributed by atoms with Gasteiger partial charge >= 0.3 is 0 Å². The summed E-state index contributed by atoms with van der Waals surface area (Å²) in [7, 11) is -1.75. The van der Waals surface area contributed by atoms with Crippen LogP contribution in [0.25, 0.3) is 0 Å². The highest BCUT2D eigenvalue weighted by atomic mass is 32.2. The van der Waals surface area contributed by atoms with Crippen LogP contribution in [0.1, 0.15) is 34.8 Å². The molecule has 0 saturated carbocycles. The number of amides is 1. The Labute approximate surface area is 157 Å². The van der Waals surface area contributed by atoms with Gasteiger partial charge in [0, 0.05) is 30.0 Å². The number of anilines is 1. The van der Waals surface area contributed by atoms with Gasteiger partial charge in [0.1, 0.15) is 5.75 Å². The maximum atomic E-state index is 12.4. The zero-order valence-corrected chi connectivity index (χ0v) is 16.5. The van der Waals surface area contributed by atoms with Gasteiger partial charge in [-0.05, 0) is 32.0 Å². The van der Waals surface area contributed by atoms with Crippen molar-refractivity contribution in [3.8, 4) is 5.75 Å². The number of ether oxygens (including phenoxy) is 1. The summed E-state index contributed by atoms with van der Waals surface area (Å²) in [5.74, 6) is 0.326. The fourth-order valence-corrected chi connectivity index (χ4v) is 5.03. The third kappa shape index (κ3) is 3.74. The van der Waals surface area contributed by atoms with Gasteiger partial charge in [0.2, 0.25) is 10.0 Å². The highest BCUT2D eigenvalue weighted by Crippen LogP contribution is 2.30. The van der Waals surface area contributed by atoms with E-state index in [4.69, 9.17) is 4.74 Å². The number of thiazole rings is 1. The van der Waals surface area contributed by atoms with E-state index in [1.54, 1.807) is 45.2 Å². The zero-order chi connectivity index (χ0) is 18.9. The number of nitrogens with one attached hydrogen (secondary N) is 1. The number of hydrogen-bond acceptors (Lipinski definition) is 6. The first-order valence-corrected chi connectivity index (χ1v) is 10.6. The van der Waals surface area contributed by atoms with Crippen LogP contribution in [0.4, 0.5) is 5.13 Å². The quantitative estimate of drug-likeness (QED) is 0.840. The summed E-state index contributed by atoms with van der Waals surface area (Å²) in [5.41, 5.74) is 1.33. The number of sulfonamides is 1. The largest absolute Gasteiger partial charge is 0.497 e. The molecule has 1 aliphatic rings. The van der Waals surface area contributed by atoms with Gasteiger partial charge in [0.25, 0.3) is 5.91 Å². The summed E-state index contributed by atoms with van der Waals surface area (Å²) in [6, 6.07) is 6.86. The third-order valence-electron chi connectivity index (χ3n) is 4.20. The van der Waals surface area contributed by atoms with Gasteiger partial charge in [-0.2, -0.15) is 4.31 Å². The molecule has 1 N–H and O–H groups in total. The molecule has 1 aromatic carbocycles. The predicted molar refractivity (Wildman–Crippen MR) is 101 cm³/mol. The molecular formula is C17H21N3O4S2. The standard InChI is InChI=1S/C17H21N3O4S2/c1-11(2)26(22,23)20-8-7-14-15(10-20)25-17(18-14)19-16(21)12-5-4-6-13(9-12)24-3/h4-6,9,11H,7-8,10H2,1-3H3,(H,18,19,21). The molecule has 140 valence electrons. The normalized spacial score (nSPS) is 14.9. The lowest BCUT2D eigenvalue weighted by Gasteiger charge is -2.26. The highest BCUT2D eigenvalue weighted by Gasteiger charge is 2.31. The first kappa shape index (κ1) is 18.8. The maximum absolute atomic E-state index is 12.4. The minimum atomic E-state index is -3.30. The molecule has 0 aliphatic carbocycles. The van der Waals surface area contributed by atoms with Gasteiger partial charge in [-0.15, -0.1) is 11.3 Å². The smallest absolute Gasteiger partial charge is 0.257 e. The van der Waals surface area contributed by atoms with E-state index in [0.29, 0.717) is 36.0 Å². The molecule has 0 radical (unpaired) electrons. The van der Waals surface area contributed by atoms with Gasteiger partial charge in [-0.1, -0.05) is 6.07 Å². The molecule has 1 amide bonds. The number of carbonyl (C=O) groups excluding carboxylic acids is 1. The SMILES string of the molecule is COc1cccc(C(=O)Nc2nc3c(s2)CN(S(=O)(=O)C(C)C)CC3)c1. The molecule has 9 heteroatoms. The van der Waals surface area contributed by atoms with E-state index in [-0.39, 0.29) is 5.91 Å². The first-order valence-electron chi connectivity index (χ1n) is 8.24. The Morgan fingerprint density at radius 1 is 1.38 bits per heavy atom. The molecule has 3 rings (SSSR count). The van der Waals surface area contributed by atoms with E-state index < -0.39 is 15.3 Å². The summed E-state index contributed by atoms with van der Waals surface area (Å²) < 4.78 is 31.3. The van der Waals surface area contributed by atoms with Crippen LogP contribution in [0.5, 0.6) is 5.75 Å². The molecule has 0 fully saturated rings. The Balaban J connectivity index is 1.75. The molecule has 0 spiro atoms. The number of methoxy groups -OCH3 is 1. The summed E-state index contributed by atoms with van der Waals surface area (Å²) in [5, 5.41) is 2.81. The van der Waals surface area contributed by atoms with Crippen molar-refractivity contribution in [1.82, 2.24) is 9.29 Å². The molecule has 1 aromatic heterocycles. The van der Waals surface area contributed by atoms with Crippen molar-refractivity contribution in [3.05, 3.63) is 40.4 Å². The van der Waals surface area contributed by atoms with Crippen molar-refractivity contribution >= 4 is 32.4 Å². The average Bonchev–Trinajstić information content (AvgIpc) is 3.02. The third-order valence-corrected chi connectivity index (χ3v) is 7.42. The van der Waals surface area contributed by atoms with Crippen molar-refractivity contribution < 1.29 is 17.9 Å². The van der Waals surface area contributed by atoms with E-state index in [1.165, 1.54) is 15.6 Å². The van der Waals surface area contributed by atoms with Crippen molar-refractivity contribution in [2.75, 3.05) is 19.0 Å². The summed E-state index contributed by atoms with van der Waals surface area (Å²) in [6.45, 7) is 4.08. The van der Waals surface area contributed by atoms with Crippen LogP contribution in [0, 0.1) is 0 Å². The number of benzene rings is 1. The van der Waals surface area contributed by atoms with E-state index in [0.717, 1.165) is 10.6 Å². The first-order chi connectivity index (χ1) is 12.3. The lowest BCUT2D eigenvalue weighted by atomic mass is 10.2. The number of hydrogen-bond donors (Lipinski definition) is 1. The fourth-order valence-electron chi connectivity index (χ4n) is 2.67. The van der Waals surface area contributed by atoms with Gasteiger partial charge in [-0.3, -0.25) is 10.1 Å². The molecule has 0 unspecified atom stereocenters. The average molecular weight is 396 g/mol. The van der Waals surface area contributed by atoms with Gasteiger partial charge in [0.05, 0.1) is 18.1 Å². The lowest BCUT2D eigenvalue weighted by Crippen LogP contribution is -2.39. The van der Waals surface area contributed by atoms with Crippen LogP contribution < -0.4 is 10.1 Å². The highest BCUT2D eigenvalue weighted by molar-refractivity contribution is 7.89. The van der Waals surface area contributed by atoms with Gasteiger partial charge in [-0.25, -0.2) is 13.4 Å². The van der Waals surface area contributed by atoms with Crippen LogP contribution in [0.15, 0.2) is 24.3 Å². The Bertz CT molecular complexity index is 922. The zero-order valence-electron chi connectivity index (χ0n) is 14.9.